The van der Waals surface area contributed by atoms with Crippen molar-refractivity contribution in [1.82, 2.24) is 20.1 Å². The molecule has 5 nitrogen and oxygen atoms in total. The number of likely N-dealkylation sites (tertiary alicyclic amines) is 2. The normalized spacial score (nSPS) is 26.3. The Balaban J connectivity index is 1.47. The molecule has 2 atom stereocenters. The summed E-state index contributed by atoms with van der Waals surface area (Å²) in [6.45, 7) is 6.04. The lowest BCUT2D eigenvalue weighted by atomic mass is 10.0. The van der Waals surface area contributed by atoms with Gasteiger partial charge in [-0.25, -0.2) is 4.79 Å². The highest BCUT2D eigenvalue weighted by Crippen LogP contribution is 2.30. The van der Waals surface area contributed by atoms with Crippen LogP contribution >= 0.6 is 0 Å². The lowest BCUT2D eigenvalue weighted by Crippen LogP contribution is -2.45. The first-order chi connectivity index (χ1) is 10.8. The van der Waals surface area contributed by atoms with Crippen molar-refractivity contribution in [3.63, 3.8) is 0 Å². The van der Waals surface area contributed by atoms with Gasteiger partial charge >= 0.3 is 6.03 Å². The Morgan fingerprint density at radius 2 is 2.23 bits per heavy atom. The van der Waals surface area contributed by atoms with Crippen LogP contribution in [0, 0.1) is 0 Å². The Morgan fingerprint density at radius 1 is 1.32 bits per heavy atom. The van der Waals surface area contributed by atoms with E-state index in [2.05, 4.69) is 28.2 Å². The number of nitrogens with zero attached hydrogens (tertiary/aromatic N) is 2. The molecule has 0 bridgehead atoms. The van der Waals surface area contributed by atoms with Crippen LogP contribution in [-0.2, 0) is 0 Å². The fraction of sp³-hybridized carbons (Fsp3) is 0.706. The van der Waals surface area contributed by atoms with Crippen LogP contribution in [0.5, 0.6) is 0 Å². The van der Waals surface area contributed by atoms with Gasteiger partial charge in [0.1, 0.15) is 0 Å². The molecule has 0 spiro atoms. The first-order valence-corrected chi connectivity index (χ1v) is 8.67. The van der Waals surface area contributed by atoms with Gasteiger partial charge in [0.15, 0.2) is 0 Å². The SMILES string of the molecule is CC1CCCCN1CCNC(=O)N1CCCC1c1ccc[nH]1. The number of amides is 2. The average molecular weight is 304 g/mol. The van der Waals surface area contributed by atoms with Gasteiger partial charge in [-0.3, -0.25) is 4.90 Å². The number of aromatic nitrogens is 1. The van der Waals surface area contributed by atoms with E-state index in [4.69, 9.17) is 0 Å². The maximum atomic E-state index is 12.5. The Kier molecular flexibility index (Phi) is 5.03. The maximum Gasteiger partial charge on any atom is 0.318 e. The van der Waals surface area contributed by atoms with Gasteiger partial charge in [0.2, 0.25) is 0 Å². The quantitative estimate of drug-likeness (QED) is 0.898. The minimum Gasteiger partial charge on any atom is -0.363 e. The number of carbonyl (C=O) groups is 1. The molecule has 122 valence electrons. The summed E-state index contributed by atoms with van der Waals surface area (Å²) in [7, 11) is 0. The summed E-state index contributed by atoms with van der Waals surface area (Å²) in [6, 6.07) is 5.03. The second-order valence-corrected chi connectivity index (χ2v) is 6.59. The van der Waals surface area contributed by atoms with Crippen LogP contribution in [0.2, 0.25) is 0 Å². The number of rotatable bonds is 4. The lowest BCUT2D eigenvalue weighted by Gasteiger charge is -2.33. The van der Waals surface area contributed by atoms with Crippen molar-refractivity contribution in [1.29, 1.82) is 0 Å². The number of urea groups is 1. The molecule has 2 N–H and O–H groups in total. The third-order valence-electron chi connectivity index (χ3n) is 5.11. The van der Waals surface area contributed by atoms with Crippen molar-refractivity contribution >= 4 is 6.03 Å². The molecule has 2 amide bonds. The van der Waals surface area contributed by atoms with E-state index >= 15 is 0 Å². The second-order valence-electron chi connectivity index (χ2n) is 6.59. The molecule has 2 saturated heterocycles. The third kappa shape index (κ3) is 3.46. The van der Waals surface area contributed by atoms with Crippen molar-refractivity contribution in [2.45, 2.75) is 51.1 Å². The van der Waals surface area contributed by atoms with E-state index in [1.54, 1.807) is 0 Å². The molecule has 2 aliphatic heterocycles. The van der Waals surface area contributed by atoms with E-state index in [1.807, 2.05) is 17.2 Å². The van der Waals surface area contributed by atoms with E-state index in [1.165, 1.54) is 25.8 Å². The van der Waals surface area contributed by atoms with Crippen LogP contribution in [0.3, 0.4) is 0 Å². The predicted molar refractivity (Wildman–Crippen MR) is 87.8 cm³/mol. The van der Waals surface area contributed by atoms with Crippen molar-refractivity contribution < 1.29 is 4.79 Å². The number of hydrogen-bond acceptors (Lipinski definition) is 2. The Bertz CT molecular complexity index is 473. The largest absolute Gasteiger partial charge is 0.363 e. The summed E-state index contributed by atoms with van der Waals surface area (Å²) in [5.74, 6) is 0. The molecule has 0 saturated carbocycles. The fourth-order valence-electron chi connectivity index (χ4n) is 3.78. The predicted octanol–water partition coefficient (Wildman–Crippen LogP) is 2.74. The molecule has 2 fully saturated rings. The Morgan fingerprint density at radius 3 is 3.00 bits per heavy atom. The molecular formula is C17H28N4O. The maximum absolute atomic E-state index is 12.5. The van der Waals surface area contributed by atoms with Gasteiger partial charge in [0.05, 0.1) is 6.04 Å². The molecule has 5 heteroatoms. The summed E-state index contributed by atoms with van der Waals surface area (Å²) in [5.41, 5.74) is 1.15. The van der Waals surface area contributed by atoms with Gasteiger partial charge in [0.25, 0.3) is 0 Å². The third-order valence-corrected chi connectivity index (χ3v) is 5.11. The van der Waals surface area contributed by atoms with E-state index in [9.17, 15) is 4.79 Å². The van der Waals surface area contributed by atoms with Gasteiger partial charge in [-0.1, -0.05) is 6.42 Å². The molecular weight excluding hydrogens is 276 g/mol. The molecule has 1 aromatic rings. The highest BCUT2D eigenvalue weighted by atomic mass is 16.2. The summed E-state index contributed by atoms with van der Waals surface area (Å²) in [6.07, 6.45) is 7.99. The molecule has 22 heavy (non-hydrogen) atoms. The monoisotopic (exact) mass is 304 g/mol. The highest BCUT2D eigenvalue weighted by molar-refractivity contribution is 5.75. The number of carbonyl (C=O) groups excluding carboxylic acids is 1. The van der Waals surface area contributed by atoms with Crippen molar-refractivity contribution in [3.8, 4) is 0 Å². The molecule has 2 unspecified atom stereocenters. The minimum absolute atomic E-state index is 0.0850. The van der Waals surface area contributed by atoms with Crippen molar-refractivity contribution in [2.24, 2.45) is 0 Å². The number of H-pyrrole nitrogens is 1. The van der Waals surface area contributed by atoms with E-state index < -0.39 is 0 Å². The van der Waals surface area contributed by atoms with Gasteiger partial charge in [0, 0.05) is 37.6 Å². The molecule has 3 heterocycles. The molecule has 0 aromatic carbocycles. The smallest absolute Gasteiger partial charge is 0.318 e. The molecule has 3 rings (SSSR count). The summed E-state index contributed by atoms with van der Waals surface area (Å²) in [5, 5.41) is 3.12. The molecule has 1 aromatic heterocycles. The first-order valence-electron chi connectivity index (χ1n) is 8.67. The first kappa shape index (κ1) is 15.4. The van der Waals surface area contributed by atoms with Gasteiger partial charge in [-0.05, 0) is 51.3 Å². The summed E-state index contributed by atoms with van der Waals surface area (Å²) >= 11 is 0. The van der Waals surface area contributed by atoms with Crippen LogP contribution in [0.4, 0.5) is 4.79 Å². The molecule has 0 aliphatic carbocycles. The van der Waals surface area contributed by atoms with Crippen molar-refractivity contribution in [3.05, 3.63) is 24.0 Å². The van der Waals surface area contributed by atoms with Gasteiger partial charge in [-0.15, -0.1) is 0 Å². The van der Waals surface area contributed by atoms with Crippen LogP contribution in [0.15, 0.2) is 18.3 Å². The number of piperidine rings is 1. The van der Waals surface area contributed by atoms with E-state index in [0.717, 1.165) is 38.2 Å². The number of hydrogen-bond donors (Lipinski definition) is 2. The molecule has 2 aliphatic rings. The standard InChI is InChI=1S/C17H28N4O/c1-14-6-2-3-11-20(14)13-10-19-17(22)21-12-5-8-16(21)15-7-4-9-18-15/h4,7,9,14,16,18H,2-3,5-6,8,10-13H2,1H3,(H,19,22). The number of nitrogens with one attached hydrogen (secondary N) is 2. The Hall–Kier alpha value is -1.49. The Labute approximate surface area is 133 Å². The van der Waals surface area contributed by atoms with Crippen LogP contribution in [-0.4, -0.2) is 53.0 Å². The topological polar surface area (TPSA) is 51.4 Å². The van der Waals surface area contributed by atoms with Crippen LogP contribution < -0.4 is 5.32 Å². The van der Waals surface area contributed by atoms with Crippen LogP contribution in [0.25, 0.3) is 0 Å². The van der Waals surface area contributed by atoms with Gasteiger partial charge < -0.3 is 15.2 Å². The fourth-order valence-corrected chi connectivity index (χ4v) is 3.78. The molecule has 0 radical (unpaired) electrons. The zero-order valence-corrected chi connectivity index (χ0v) is 13.6. The zero-order chi connectivity index (χ0) is 15.4. The van der Waals surface area contributed by atoms with Crippen LogP contribution in [0.1, 0.15) is 50.8 Å². The number of aromatic amines is 1. The minimum atomic E-state index is 0.0850. The average Bonchev–Trinajstić information content (AvgIpc) is 3.19. The van der Waals surface area contributed by atoms with Gasteiger partial charge in [-0.2, -0.15) is 0 Å². The summed E-state index contributed by atoms with van der Waals surface area (Å²) in [4.78, 5) is 20.2. The highest BCUT2D eigenvalue weighted by Gasteiger charge is 2.30. The summed E-state index contributed by atoms with van der Waals surface area (Å²) < 4.78 is 0. The zero-order valence-electron chi connectivity index (χ0n) is 13.6. The van der Waals surface area contributed by atoms with E-state index in [-0.39, 0.29) is 12.1 Å². The van der Waals surface area contributed by atoms with Crippen molar-refractivity contribution in [2.75, 3.05) is 26.2 Å². The lowest BCUT2D eigenvalue weighted by molar-refractivity contribution is 0.157. The van der Waals surface area contributed by atoms with E-state index in [0.29, 0.717) is 6.04 Å². The second kappa shape index (κ2) is 7.18.